The maximum Gasteiger partial charge on any atom is 0.270 e. The van der Waals surface area contributed by atoms with Crippen LogP contribution in [0.15, 0.2) is 29.3 Å². The van der Waals surface area contributed by atoms with Gasteiger partial charge in [0.25, 0.3) is 5.91 Å². The van der Waals surface area contributed by atoms with Crippen LogP contribution in [0.1, 0.15) is 6.92 Å². The van der Waals surface area contributed by atoms with Crippen LogP contribution in [0.3, 0.4) is 0 Å². The number of nitrogens with one attached hydrogen (secondary N) is 3. The number of nitrogens with zero attached hydrogens (tertiary/aromatic N) is 4. The minimum absolute atomic E-state index is 0.214. The molecule has 1 aromatic heterocycles. The molecule has 0 bridgehead atoms. The highest BCUT2D eigenvalue weighted by Gasteiger charge is 2.38. The van der Waals surface area contributed by atoms with Gasteiger partial charge in [-0.05, 0) is 35.2 Å². The van der Waals surface area contributed by atoms with Gasteiger partial charge in [-0.1, -0.05) is 18.7 Å². The van der Waals surface area contributed by atoms with Gasteiger partial charge in [-0.25, -0.2) is 0 Å². The molecular formula is C14H13N7O3S. The number of benzene rings is 1. The number of amidine groups is 1. The summed E-state index contributed by atoms with van der Waals surface area (Å²) in [6.07, 6.45) is 0. The minimum atomic E-state index is -1.50. The number of rotatable bonds is 4. The van der Waals surface area contributed by atoms with E-state index in [0.717, 1.165) is 0 Å². The summed E-state index contributed by atoms with van der Waals surface area (Å²) in [4.78, 5) is 40.0. The van der Waals surface area contributed by atoms with Crippen molar-refractivity contribution in [2.45, 2.75) is 6.92 Å². The highest BCUT2D eigenvalue weighted by atomic mass is 32.2. The first-order valence-corrected chi connectivity index (χ1v) is 8.28. The third-order valence-electron chi connectivity index (χ3n) is 3.25. The van der Waals surface area contributed by atoms with Gasteiger partial charge in [0.15, 0.2) is 11.1 Å². The van der Waals surface area contributed by atoms with Gasteiger partial charge in [-0.2, -0.15) is 10.2 Å². The molecule has 1 aromatic carbocycles. The largest absolute Gasteiger partial charge is 0.325 e. The molecule has 2 heterocycles. The monoisotopic (exact) mass is 359 g/mol. The Bertz CT molecular complexity index is 833. The molecule has 0 saturated carbocycles. The van der Waals surface area contributed by atoms with Gasteiger partial charge in [0.2, 0.25) is 17.6 Å². The minimum Gasteiger partial charge on any atom is -0.325 e. The molecule has 3 N–H and O–H groups in total. The topological polar surface area (TPSA) is 142 Å². The number of aromatic amines is 1. The Morgan fingerprint density at radius 2 is 2.04 bits per heavy atom. The van der Waals surface area contributed by atoms with Crippen molar-refractivity contribution in [3.8, 4) is 11.4 Å². The lowest BCUT2D eigenvalue weighted by molar-refractivity contribution is -0.139. The molecule has 0 saturated heterocycles. The molecular weight excluding hydrogens is 346 g/mol. The third-order valence-corrected chi connectivity index (χ3v) is 4.01. The van der Waals surface area contributed by atoms with Crippen LogP contribution in [0.2, 0.25) is 0 Å². The molecule has 1 aliphatic rings. The second kappa shape index (κ2) is 7.21. The highest BCUT2D eigenvalue weighted by molar-refractivity contribution is 8.13. The Morgan fingerprint density at radius 1 is 1.28 bits per heavy atom. The van der Waals surface area contributed by atoms with E-state index in [9.17, 15) is 14.4 Å². The normalized spacial score (nSPS) is 17.0. The van der Waals surface area contributed by atoms with Gasteiger partial charge < -0.3 is 10.6 Å². The number of aliphatic imine (C=N–C) groups is 1. The number of thioether (sulfide) groups is 1. The fourth-order valence-corrected chi connectivity index (χ4v) is 2.72. The summed E-state index contributed by atoms with van der Waals surface area (Å²) in [5.41, 5.74) is 1.12. The molecule has 0 radical (unpaired) electrons. The predicted molar refractivity (Wildman–Crippen MR) is 90.5 cm³/mol. The number of amides is 3. The Balaban J connectivity index is 1.70. The third kappa shape index (κ3) is 3.71. The standard InChI is InChI=1S/C14H13N7O3S/c1-2-25-14-16-12(23)9(13(24)17-14)11(22)15-8-5-3-7(4-6-8)10-18-20-21-19-10/h3-6,9H,2H2,1H3,(H,15,22)(H,16,17,23,24)(H,18,19,20,21). The number of anilines is 1. The zero-order valence-corrected chi connectivity index (χ0v) is 13.8. The number of aromatic nitrogens is 4. The molecule has 1 aliphatic heterocycles. The maximum absolute atomic E-state index is 12.3. The lowest BCUT2D eigenvalue weighted by Gasteiger charge is -2.19. The predicted octanol–water partition coefficient (Wildman–Crippen LogP) is 0.187. The van der Waals surface area contributed by atoms with Crippen molar-refractivity contribution >= 4 is 40.3 Å². The van der Waals surface area contributed by atoms with Gasteiger partial charge >= 0.3 is 0 Å². The lowest BCUT2D eigenvalue weighted by Crippen LogP contribution is -2.48. The molecule has 0 fully saturated rings. The Hall–Kier alpha value is -3.08. The number of hydrogen-bond acceptors (Lipinski definition) is 7. The van der Waals surface area contributed by atoms with Crippen LogP contribution in [0, 0.1) is 5.92 Å². The molecule has 1 atom stereocenters. The quantitative estimate of drug-likeness (QED) is 0.661. The van der Waals surface area contributed by atoms with Crippen LogP contribution < -0.4 is 10.6 Å². The van der Waals surface area contributed by atoms with E-state index in [2.05, 4.69) is 36.3 Å². The van der Waals surface area contributed by atoms with E-state index in [-0.39, 0.29) is 5.17 Å². The molecule has 10 nitrogen and oxygen atoms in total. The van der Waals surface area contributed by atoms with Gasteiger partial charge in [0, 0.05) is 11.3 Å². The Kier molecular flexibility index (Phi) is 4.84. The van der Waals surface area contributed by atoms with E-state index in [1.165, 1.54) is 11.8 Å². The molecule has 0 aliphatic carbocycles. The van der Waals surface area contributed by atoms with E-state index in [1.54, 1.807) is 24.3 Å². The molecule has 25 heavy (non-hydrogen) atoms. The molecule has 3 amide bonds. The SMILES string of the molecule is CCSC1=NC(=O)C(C(=O)Nc2ccc(-c3nn[nH]n3)cc2)C(=O)N1. The van der Waals surface area contributed by atoms with Crippen molar-refractivity contribution in [1.82, 2.24) is 25.9 Å². The summed E-state index contributed by atoms with van der Waals surface area (Å²) in [6, 6.07) is 6.57. The number of carbonyl (C=O) groups is 3. The number of hydrogen-bond donors (Lipinski definition) is 3. The molecule has 128 valence electrons. The summed E-state index contributed by atoms with van der Waals surface area (Å²) in [7, 11) is 0. The Labute approximate surface area is 145 Å². The van der Waals surface area contributed by atoms with Crippen LogP contribution in [0.4, 0.5) is 5.69 Å². The van der Waals surface area contributed by atoms with E-state index >= 15 is 0 Å². The summed E-state index contributed by atoms with van der Waals surface area (Å²) < 4.78 is 0. The van der Waals surface area contributed by atoms with E-state index < -0.39 is 23.6 Å². The summed E-state index contributed by atoms with van der Waals surface area (Å²) in [5, 5.41) is 18.7. The summed E-state index contributed by atoms with van der Waals surface area (Å²) >= 11 is 1.22. The van der Waals surface area contributed by atoms with E-state index in [0.29, 0.717) is 22.8 Å². The van der Waals surface area contributed by atoms with Crippen molar-refractivity contribution in [2.24, 2.45) is 10.9 Å². The van der Waals surface area contributed by atoms with Crippen LogP contribution >= 0.6 is 11.8 Å². The van der Waals surface area contributed by atoms with Gasteiger partial charge in [-0.15, -0.1) is 10.2 Å². The van der Waals surface area contributed by atoms with Gasteiger partial charge in [0.05, 0.1) is 0 Å². The molecule has 3 rings (SSSR count). The molecule has 11 heteroatoms. The fraction of sp³-hybridized carbons (Fsp3) is 0.214. The number of carbonyl (C=O) groups excluding carboxylic acids is 3. The number of tetrazole rings is 1. The van der Waals surface area contributed by atoms with Crippen molar-refractivity contribution in [1.29, 1.82) is 0 Å². The van der Waals surface area contributed by atoms with Crippen LogP contribution in [0.25, 0.3) is 11.4 Å². The first kappa shape index (κ1) is 16.8. The van der Waals surface area contributed by atoms with Crippen molar-refractivity contribution < 1.29 is 14.4 Å². The molecule has 2 aromatic rings. The average molecular weight is 359 g/mol. The Morgan fingerprint density at radius 3 is 2.64 bits per heavy atom. The summed E-state index contributed by atoms with van der Waals surface area (Å²) in [6.45, 7) is 1.86. The van der Waals surface area contributed by atoms with Crippen molar-refractivity contribution in [2.75, 3.05) is 11.1 Å². The second-order valence-corrected chi connectivity index (χ2v) is 6.17. The van der Waals surface area contributed by atoms with E-state index in [4.69, 9.17) is 0 Å². The number of H-pyrrole nitrogens is 1. The zero-order valence-electron chi connectivity index (χ0n) is 13.0. The lowest BCUT2D eigenvalue weighted by atomic mass is 10.1. The van der Waals surface area contributed by atoms with Crippen LogP contribution in [-0.2, 0) is 14.4 Å². The highest BCUT2D eigenvalue weighted by Crippen LogP contribution is 2.18. The fourth-order valence-electron chi connectivity index (χ4n) is 2.12. The smallest absolute Gasteiger partial charge is 0.270 e. The first-order valence-electron chi connectivity index (χ1n) is 7.29. The van der Waals surface area contributed by atoms with Crippen molar-refractivity contribution in [3.05, 3.63) is 24.3 Å². The van der Waals surface area contributed by atoms with Crippen LogP contribution in [-0.4, -0.2) is 49.3 Å². The second-order valence-electron chi connectivity index (χ2n) is 4.91. The summed E-state index contributed by atoms with van der Waals surface area (Å²) in [5.74, 6) is -2.64. The van der Waals surface area contributed by atoms with Crippen molar-refractivity contribution in [3.63, 3.8) is 0 Å². The average Bonchev–Trinajstić information content (AvgIpc) is 3.09. The van der Waals surface area contributed by atoms with Gasteiger partial charge in [0.1, 0.15) is 0 Å². The molecule has 1 unspecified atom stereocenters. The maximum atomic E-state index is 12.3. The zero-order chi connectivity index (χ0) is 17.8. The first-order chi connectivity index (χ1) is 12.1. The van der Waals surface area contributed by atoms with Gasteiger partial charge in [-0.3, -0.25) is 14.4 Å². The molecule has 0 spiro atoms. The van der Waals surface area contributed by atoms with Crippen LogP contribution in [0.5, 0.6) is 0 Å². The van der Waals surface area contributed by atoms with E-state index in [1.807, 2.05) is 6.92 Å².